The number of amides is 1. The van der Waals surface area contributed by atoms with Crippen LogP contribution in [0.4, 0.5) is 11.5 Å². The molecule has 1 aromatic carbocycles. The molecule has 2 N–H and O–H groups in total. The van der Waals surface area contributed by atoms with E-state index in [-0.39, 0.29) is 11.6 Å². The van der Waals surface area contributed by atoms with Crippen molar-refractivity contribution in [3.63, 3.8) is 0 Å². The van der Waals surface area contributed by atoms with Crippen LogP contribution in [0, 0.1) is 10.1 Å². The Bertz CT molecular complexity index is 860. The van der Waals surface area contributed by atoms with Crippen LogP contribution in [0.15, 0.2) is 41.9 Å². The molecule has 0 atom stereocenters. The van der Waals surface area contributed by atoms with Crippen LogP contribution in [0.3, 0.4) is 0 Å². The number of thiazole rings is 1. The summed E-state index contributed by atoms with van der Waals surface area (Å²) in [4.78, 5) is 26.4. The van der Waals surface area contributed by atoms with Gasteiger partial charge in [0.1, 0.15) is 0 Å². The zero-order valence-corrected chi connectivity index (χ0v) is 13.2. The summed E-state index contributed by atoms with van der Waals surface area (Å²) in [6, 6.07) is 7.83. The van der Waals surface area contributed by atoms with Crippen molar-refractivity contribution in [3.05, 3.63) is 57.0 Å². The zero-order chi connectivity index (χ0) is 16.9. The van der Waals surface area contributed by atoms with Gasteiger partial charge < -0.3 is 5.32 Å². The van der Waals surface area contributed by atoms with Crippen LogP contribution in [-0.2, 0) is 11.2 Å². The van der Waals surface area contributed by atoms with Crippen molar-refractivity contribution >= 4 is 28.7 Å². The van der Waals surface area contributed by atoms with E-state index in [0.717, 1.165) is 5.01 Å². The number of H-pyrrole nitrogens is 1. The lowest BCUT2D eigenvalue weighted by Crippen LogP contribution is -2.12. The lowest BCUT2D eigenvalue weighted by Gasteiger charge is -1.99. The van der Waals surface area contributed by atoms with Crippen molar-refractivity contribution in [2.45, 2.75) is 12.8 Å². The molecule has 2 aromatic heterocycles. The Morgan fingerprint density at radius 1 is 1.38 bits per heavy atom. The molecule has 0 saturated heterocycles. The summed E-state index contributed by atoms with van der Waals surface area (Å²) >= 11 is 1.51. The van der Waals surface area contributed by atoms with Gasteiger partial charge >= 0.3 is 0 Å². The van der Waals surface area contributed by atoms with E-state index in [1.807, 2.05) is 5.38 Å². The number of nitro groups is 1. The monoisotopic (exact) mass is 343 g/mol. The number of rotatable bonds is 6. The average Bonchev–Trinajstić information content (AvgIpc) is 3.25. The van der Waals surface area contributed by atoms with Gasteiger partial charge in [0.2, 0.25) is 5.91 Å². The van der Waals surface area contributed by atoms with Crippen LogP contribution in [0.5, 0.6) is 0 Å². The Hall–Kier alpha value is -3.07. The van der Waals surface area contributed by atoms with Gasteiger partial charge in [0.05, 0.1) is 15.6 Å². The van der Waals surface area contributed by atoms with E-state index in [2.05, 4.69) is 20.5 Å². The summed E-state index contributed by atoms with van der Waals surface area (Å²) < 4.78 is 0. The second-order valence-electron chi connectivity index (χ2n) is 4.95. The minimum Gasteiger partial charge on any atom is -0.309 e. The highest BCUT2D eigenvalue weighted by atomic mass is 32.1. The minimum absolute atomic E-state index is 0.00358. The molecule has 0 aliphatic rings. The normalized spacial score (nSPS) is 10.5. The number of non-ortho nitro benzene ring substituents is 1. The van der Waals surface area contributed by atoms with Crippen molar-refractivity contribution in [2.24, 2.45) is 0 Å². The van der Waals surface area contributed by atoms with Gasteiger partial charge in [-0.15, -0.1) is 11.3 Å². The predicted molar refractivity (Wildman–Crippen MR) is 89.7 cm³/mol. The molecule has 0 radical (unpaired) electrons. The summed E-state index contributed by atoms with van der Waals surface area (Å²) in [5.74, 6) is 0.211. The first kappa shape index (κ1) is 15.8. The van der Waals surface area contributed by atoms with Gasteiger partial charge in [-0.05, 0) is 0 Å². The van der Waals surface area contributed by atoms with E-state index in [0.29, 0.717) is 29.9 Å². The molecule has 3 rings (SSSR count). The van der Waals surface area contributed by atoms with E-state index >= 15 is 0 Å². The third-order valence-electron chi connectivity index (χ3n) is 3.26. The molecular formula is C15H13N5O3S. The Morgan fingerprint density at radius 2 is 2.25 bits per heavy atom. The van der Waals surface area contributed by atoms with Crippen molar-refractivity contribution < 1.29 is 9.72 Å². The molecule has 0 spiro atoms. The summed E-state index contributed by atoms with van der Waals surface area (Å²) in [6.45, 7) is 0. The molecule has 24 heavy (non-hydrogen) atoms. The van der Waals surface area contributed by atoms with Gasteiger partial charge in [-0.1, -0.05) is 12.1 Å². The Kier molecular flexibility index (Phi) is 4.62. The van der Waals surface area contributed by atoms with Gasteiger partial charge in [0.25, 0.3) is 5.69 Å². The van der Waals surface area contributed by atoms with Crippen LogP contribution in [0.25, 0.3) is 11.3 Å². The fourth-order valence-corrected chi connectivity index (χ4v) is 2.74. The van der Waals surface area contributed by atoms with Crippen molar-refractivity contribution in [3.8, 4) is 11.3 Å². The molecule has 3 aromatic rings. The lowest BCUT2D eigenvalue weighted by molar-refractivity contribution is -0.384. The average molecular weight is 343 g/mol. The van der Waals surface area contributed by atoms with E-state index in [1.165, 1.54) is 23.5 Å². The number of nitrogens with one attached hydrogen (secondary N) is 2. The smallest absolute Gasteiger partial charge is 0.270 e. The van der Waals surface area contributed by atoms with Crippen LogP contribution in [0.1, 0.15) is 11.4 Å². The second-order valence-corrected chi connectivity index (χ2v) is 5.93. The molecule has 2 heterocycles. The SMILES string of the molecule is O=C(CCc1nccs1)Nc1cc(-c2cccc([N+](=O)[O-])c2)[nH]n1. The number of nitro benzene ring substituents is 1. The van der Waals surface area contributed by atoms with Crippen LogP contribution in [-0.4, -0.2) is 26.0 Å². The van der Waals surface area contributed by atoms with E-state index < -0.39 is 4.92 Å². The highest BCUT2D eigenvalue weighted by Gasteiger charge is 2.11. The molecule has 0 fully saturated rings. The molecular weight excluding hydrogens is 330 g/mol. The quantitative estimate of drug-likeness (QED) is 0.527. The maximum atomic E-state index is 11.9. The molecule has 0 aliphatic carbocycles. The third-order valence-corrected chi connectivity index (χ3v) is 4.10. The fourth-order valence-electron chi connectivity index (χ4n) is 2.12. The Balaban J connectivity index is 1.64. The molecule has 9 heteroatoms. The number of aryl methyl sites for hydroxylation is 1. The van der Waals surface area contributed by atoms with Crippen LogP contribution in [0.2, 0.25) is 0 Å². The number of aromatic amines is 1. The van der Waals surface area contributed by atoms with Crippen molar-refractivity contribution in [2.75, 3.05) is 5.32 Å². The number of nitrogens with zero attached hydrogens (tertiary/aromatic N) is 3. The number of hydrogen-bond acceptors (Lipinski definition) is 6. The molecule has 0 aliphatic heterocycles. The van der Waals surface area contributed by atoms with Crippen molar-refractivity contribution in [1.29, 1.82) is 0 Å². The maximum Gasteiger partial charge on any atom is 0.270 e. The third kappa shape index (κ3) is 3.82. The first-order chi connectivity index (χ1) is 11.6. The summed E-state index contributed by atoms with van der Waals surface area (Å²) in [7, 11) is 0. The van der Waals surface area contributed by atoms with Gasteiger partial charge in [0.15, 0.2) is 5.82 Å². The molecule has 0 saturated carbocycles. The summed E-state index contributed by atoms with van der Waals surface area (Å²) in [5, 5.41) is 23.1. The predicted octanol–water partition coefficient (Wildman–Crippen LogP) is 3.01. The zero-order valence-electron chi connectivity index (χ0n) is 12.4. The Morgan fingerprint density at radius 3 is 3.00 bits per heavy atom. The Labute approximate surface area is 140 Å². The number of carbonyl (C=O) groups is 1. The number of benzene rings is 1. The summed E-state index contributed by atoms with van der Waals surface area (Å²) in [6.07, 6.45) is 2.59. The summed E-state index contributed by atoms with van der Waals surface area (Å²) in [5.41, 5.74) is 1.21. The number of hydrogen-bond donors (Lipinski definition) is 2. The topological polar surface area (TPSA) is 114 Å². The standard InChI is InChI=1S/C15H13N5O3S/c21-14(4-5-15-16-6-7-24-15)17-13-9-12(18-19-13)10-2-1-3-11(8-10)20(22)23/h1-3,6-9H,4-5H2,(H2,17,18,19,21). The molecule has 0 bridgehead atoms. The van der Waals surface area contributed by atoms with E-state index in [1.54, 1.807) is 24.4 Å². The highest BCUT2D eigenvalue weighted by molar-refractivity contribution is 7.09. The van der Waals surface area contributed by atoms with Crippen LogP contribution < -0.4 is 5.32 Å². The molecule has 1 amide bonds. The number of aromatic nitrogens is 3. The number of anilines is 1. The largest absolute Gasteiger partial charge is 0.309 e. The van der Waals surface area contributed by atoms with Crippen molar-refractivity contribution in [1.82, 2.24) is 15.2 Å². The van der Waals surface area contributed by atoms with Gasteiger partial charge in [0, 0.05) is 48.2 Å². The van der Waals surface area contributed by atoms with E-state index in [4.69, 9.17) is 0 Å². The molecule has 8 nitrogen and oxygen atoms in total. The fraction of sp³-hybridized carbons (Fsp3) is 0.133. The lowest BCUT2D eigenvalue weighted by atomic mass is 10.1. The van der Waals surface area contributed by atoms with Crippen LogP contribution >= 0.6 is 11.3 Å². The first-order valence-corrected chi connectivity index (χ1v) is 7.98. The minimum atomic E-state index is -0.457. The van der Waals surface area contributed by atoms with Gasteiger partial charge in [-0.2, -0.15) is 5.10 Å². The molecule has 0 unspecified atom stereocenters. The maximum absolute atomic E-state index is 11.9. The highest BCUT2D eigenvalue weighted by Crippen LogP contribution is 2.24. The number of carbonyl (C=O) groups excluding carboxylic acids is 1. The first-order valence-electron chi connectivity index (χ1n) is 7.10. The van der Waals surface area contributed by atoms with E-state index in [9.17, 15) is 14.9 Å². The molecule has 122 valence electrons. The second kappa shape index (κ2) is 7.01. The van der Waals surface area contributed by atoms with Gasteiger partial charge in [-0.3, -0.25) is 20.0 Å². The van der Waals surface area contributed by atoms with Gasteiger partial charge in [-0.25, -0.2) is 4.98 Å².